The number of hydrogen-bond donors (Lipinski definition) is 4. The minimum absolute atomic E-state index is 0.201. The lowest BCUT2D eigenvalue weighted by atomic mass is 10.2. The highest BCUT2D eigenvalue weighted by Gasteiger charge is 2.07. The summed E-state index contributed by atoms with van der Waals surface area (Å²) in [7, 11) is 0. The first-order valence-electron chi connectivity index (χ1n) is 5.97. The second-order valence-corrected chi connectivity index (χ2v) is 4.23. The Morgan fingerprint density at radius 2 is 2.00 bits per heavy atom. The van der Waals surface area contributed by atoms with Gasteiger partial charge in [-0.1, -0.05) is 6.07 Å². The molecule has 2 aromatic rings. The predicted molar refractivity (Wildman–Crippen MR) is 73.3 cm³/mol. The molecule has 20 heavy (non-hydrogen) atoms. The van der Waals surface area contributed by atoms with E-state index in [9.17, 15) is 14.4 Å². The Labute approximate surface area is 114 Å². The normalized spacial score (nSPS) is 10.1. The Kier molecular flexibility index (Phi) is 3.99. The zero-order valence-electron chi connectivity index (χ0n) is 10.8. The molecule has 0 saturated heterocycles. The van der Waals surface area contributed by atoms with Crippen molar-refractivity contribution in [1.29, 1.82) is 0 Å². The molecule has 1 heterocycles. The standard InChI is InChI=1S/C13H14N4O3/c1-8(18)15-10-4-2-3-9(5-10)13(20)14-7-11-6-12(19)17-16-11/h2-6H,7H2,1H3,(H,14,20)(H,15,18)(H2,16,17,19). The van der Waals surface area contributed by atoms with Crippen molar-refractivity contribution >= 4 is 17.5 Å². The molecule has 2 rings (SSSR count). The fourth-order valence-electron chi connectivity index (χ4n) is 1.69. The average Bonchev–Trinajstić information content (AvgIpc) is 2.81. The number of hydrogen-bond acceptors (Lipinski definition) is 3. The van der Waals surface area contributed by atoms with Crippen LogP contribution in [0.3, 0.4) is 0 Å². The number of carbonyl (C=O) groups is 2. The summed E-state index contributed by atoms with van der Waals surface area (Å²) >= 11 is 0. The summed E-state index contributed by atoms with van der Waals surface area (Å²) in [6.07, 6.45) is 0. The first-order valence-corrected chi connectivity index (χ1v) is 5.97. The summed E-state index contributed by atoms with van der Waals surface area (Å²) in [5, 5.41) is 10.3. The topological polar surface area (TPSA) is 107 Å². The Bertz CT molecular complexity index is 687. The van der Waals surface area contributed by atoms with Gasteiger partial charge in [0.2, 0.25) is 5.91 Å². The van der Waals surface area contributed by atoms with Gasteiger partial charge in [-0.2, -0.15) is 0 Å². The third kappa shape index (κ3) is 3.58. The van der Waals surface area contributed by atoms with E-state index in [2.05, 4.69) is 20.8 Å². The van der Waals surface area contributed by atoms with Gasteiger partial charge in [-0.15, -0.1) is 0 Å². The summed E-state index contributed by atoms with van der Waals surface area (Å²) in [6.45, 7) is 1.61. The van der Waals surface area contributed by atoms with Crippen LogP contribution in [0.5, 0.6) is 0 Å². The average molecular weight is 274 g/mol. The van der Waals surface area contributed by atoms with Crippen LogP contribution in [0.2, 0.25) is 0 Å². The number of nitrogens with one attached hydrogen (secondary N) is 4. The molecule has 0 bridgehead atoms. The maximum atomic E-state index is 11.9. The number of amides is 2. The second kappa shape index (κ2) is 5.87. The van der Waals surface area contributed by atoms with Crippen LogP contribution in [0.1, 0.15) is 23.0 Å². The van der Waals surface area contributed by atoms with E-state index in [1.54, 1.807) is 24.3 Å². The van der Waals surface area contributed by atoms with Gasteiger partial charge in [0.15, 0.2) is 0 Å². The summed E-state index contributed by atoms with van der Waals surface area (Å²) in [5.74, 6) is -0.494. The molecule has 0 saturated carbocycles. The lowest BCUT2D eigenvalue weighted by molar-refractivity contribution is -0.114. The van der Waals surface area contributed by atoms with Gasteiger partial charge in [-0.25, -0.2) is 0 Å². The number of anilines is 1. The molecular weight excluding hydrogens is 260 g/mol. The number of rotatable bonds is 4. The predicted octanol–water partition coefficient (Wildman–Crippen LogP) is 0.591. The van der Waals surface area contributed by atoms with Gasteiger partial charge in [0.05, 0.1) is 12.2 Å². The van der Waals surface area contributed by atoms with E-state index < -0.39 is 0 Å². The van der Waals surface area contributed by atoms with Crippen molar-refractivity contribution in [3.05, 3.63) is 51.9 Å². The molecule has 2 amide bonds. The first kappa shape index (κ1) is 13.6. The van der Waals surface area contributed by atoms with Gasteiger partial charge >= 0.3 is 0 Å². The maximum absolute atomic E-state index is 11.9. The monoisotopic (exact) mass is 274 g/mol. The molecule has 7 heteroatoms. The minimum Gasteiger partial charge on any atom is -0.346 e. The molecule has 1 aromatic carbocycles. The number of carbonyl (C=O) groups excluding carboxylic acids is 2. The van der Waals surface area contributed by atoms with E-state index in [4.69, 9.17) is 0 Å². The quantitative estimate of drug-likeness (QED) is 0.655. The Hall–Kier alpha value is -2.83. The van der Waals surface area contributed by atoms with Crippen molar-refractivity contribution < 1.29 is 9.59 Å². The van der Waals surface area contributed by atoms with Crippen LogP contribution >= 0.6 is 0 Å². The maximum Gasteiger partial charge on any atom is 0.264 e. The zero-order chi connectivity index (χ0) is 14.5. The van der Waals surface area contributed by atoms with Crippen LogP contribution in [-0.2, 0) is 11.3 Å². The molecule has 0 radical (unpaired) electrons. The van der Waals surface area contributed by atoms with E-state index in [1.807, 2.05) is 0 Å². The largest absolute Gasteiger partial charge is 0.346 e. The fraction of sp³-hybridized carbons (Fsp3) is 0.154. The zero-order valence-corrected chi connectivity index (χ0v) is 10.8. The second-order valence-electron chi connectivity index (χ2n) is 4.23. The molecule has 4 N–H and O–H groups in total. The highest BCUT2D eigenvalue weighted by molar-refractivity contribution is 5.96. The molecule has 0 unspecified atom stereocenters. The summed E-state index contributed by atoms with van der Waals surface area (Å²) in [4.78, 5) is 33.8. The highest BCUT2D eigenvalue weighted by Crippen LogP contribution is 2.10. The Morgan fingerprint density at radius 3 is 2.65 bits per heavy atom. The fourth-order valence-corrected chi connectivity index (χ4v) is 1.69. The summed E-state index contributed by atoms with van der Waals surface area (Å²) in [6, 6.07) is 7.96. The molecule has 0 fully saturated rings. The molecule has 0 aliphatic carbocycles. The van der Waals surface area contributed by atoms with Gasteiger partial charge < -0.3 is 15.7 Å². The number of aromatic amines is 2. The van der Waals surface area contributed by atoms with Crippen LogP contribution in [0, 0.1) is 0 Å². The third-order valence-electron chi connectivity index (χ3n) is 2.54. The van der Waals surface area contributed by atoms with Gasteiger partial charge in [0, 0.05) is 24.2 Å². The minimum atomic E-state index is -0.292. The Balaban J connectivity index is 2.01. The third-order valence-corrected chi connectivity index (χ3v) is 2.54. The van der Waals surface area contributed by atoms with Crippen molar-refractivity contribution in [2.75, 3.05) is 5.32 Å². The number of aromatic nitrogens is 2. The van der Waals surface area contributed by atoms with Gasteiger partial charge in [0.25, 0.3) is 11.5 Å². The van der Waals surface area contributed by atoms with Crippen molar-refractivity contribution in [3.8, 4) is 0 Å². The van der Waals surface area contributed by atoms with E-state index in [0.29, 0.717) is 16.9 Å². The van der Waals surface area contributed by atoms with E-state index in [-0.39, 0.29) is 23.9 Å². The number of benzene rings is 1. The van der Waals surface area contributed by atoms with Crippen LogP contribution in [-0.4, -0.2) is 22.0 Å². The molecule has 1 aromatic heterocycles. The van der Waals surface area contributed by atoms with Crippen molar-refractivity contribution in [3.63, 3.8) is 0 Å². The van der Waals surface area contributed by atoms with Gasteiger partial charge in [0.1, 0.15) is 0 Å². The highest BCUT2D eigenvalue weighted by atomic mass is 16.2. The molecular formula is C13H14N4O3. The lowest BCUT2D eigenvalue weighted by Gasteiger charge is -2.06. The smallest absolute Gasteiger partial charge is 0.264 e. The molecule has 7 nitrogen and oxygen atoms in total. The van der Waals surface area contributed by atoms with Crippen LogP contribution in [0.4, 0.5) is 5.69 Å². The van der Waals surface area contributed by atoms with E-state index in [1.165, 1.54) is 13.0 Å². The van der Waals surface area contributed by atoms with Gasteiger partial charge in [-0.3, -0.25) is 19.5 Å². The van der Waals surface area contributed by atoms with Crippen LogP contribution < -0.4 is 16.2 Å². The molecule has 0 aliphatic rings. The van der Waals surface area contributed by atoms with Crippen molar-refractivity contribution in [2.24, 2.45) is 0 Å². The first-order chi connectivity index (χ1) is 9.54. The van der Waals surface area contributed by atoms with Crippen molar-refractivity contribution in [1.82, 2.24) is 15.5 Å². The number of H-pyrrole nitrogens is 2. The van der Waals surface area contributed by atoms with Crippen molar-refractivity contribution in [2.45, 2.75) is 13.5 Å². The Morgan fingerprint density at radius 1 is 1.20 bits per heavy atom. The molecule has 0 aliphatic heterocycles. The lowest BCUT2D eigenvalue weighted by Crippen LogP contribution is -2.23. The molecule has 0 atom stereocenters. The van der Waals surface area contributed by atoms with E-state index >= 15 is 0 Å². The molecule has 104 valence electrons. The summed E-state index contributed by atoms with van der Waals surface area (Å²) < 4.78 is 0. The summed E-state index contributed by atoms with van der Waals surface area (Å²) in [5.41, 5.74) is 1.32. The SMILES string of the molecule is CC(=O)Nc1cccc(C(=O)NCc2cc(=O)[nH][nH]2)c1. The van der Waals surface area contributed by atoms with Crippen LogP contribution in [0.15, 0.2) is 35.1 Å². The van der Waals surface area contributed by atoms with Gasteiger partial charge in [-0.05, 0) is 18.2 Å². The molecule has 0 spiro atoms. The van der Waals surface area contributed by atoms with E-state index in [0.717, 1.165) is 0 Å². The van der Waals surface area contributed by atoms with Crippen LogP contribution in [0.25, 0.3) is 0 Å².